The molecule has 0 aliphatic rings. The van der Waals surface area contributed by atoms with Crippen molar-refractivity contribution in [3.8, 4) is 0 Å². The number of nitrogens with zero attached hydrogens (tertiary/aromatic N) is 2. The fourth-order valence-corrected chi connectivity index (χ4v) is 2.66. The van der Waals surface area contributed by atoms with Crippen LogP contribution in [0, 0.1) is 0 Å². The van der Waals surface area contributed by atoms with E-state index >= 15 is 0 Å². The molecule has 0 aliphatic heterocycles. The lowest BCUT2D eigenvalue weighted by molar-refractivity contribution is 0.102. The first-order valence-corrected chi connectivity index (χ1v) is 7.73. The molecule has 1 heterocycles. The van der Waals surface area contributed by atoms with Gasteiger partial charge in [0, 0.05) is 17.0 Å². The van der Waals surface area contributed by atoms with E-state index < -0.39 is 0 Å². The Balaban J connectivity index is 1.66. The lowest BCUT2D eigenvalue weighted by atomic mass is 10.1. The van der Waals surface area contributed by atoms with Crippen LogP contribution in [0.3, 0.4) is 0 Å². The third kappa shape index (κ3) is 3.73. The third-order valence-electron chi connectivity index (χ3n) is 2.99. The minimum absolute atomic E-state index is 0.113. The average molecular weight is 310 g/mol. The Morgan fingerprint density at radius 2 is 2.00 bits per heavy atom. The second-order valence-corrected chi connectivity index (χ2v) is 5.56. The molecule has 0 saturated carbocycles. The zero-order valence-corrected chi connectivity index (χ0v) is 12.5. The number of nitrogens with one attached hydrogen (secondary N) is 2. The molecule has 1 amide bonds. The standard InChI is InChI=1S/C16H14N4OS/c21-15(19-14-7-2-1-3-8-14)13-6-4-5-12(9-13)10-22-16-17-11-18-20-16/h1-9,11H,10H2,(H,19,21)(H,17,18,20). The molecule has 0 aliphatic carbocycles. The third-order valence-corrected chi connectivity index (χ3v) is 3.94. The van der Waals surface area contributed by atoms with E-state index in [2.05, 4.69) is 20.5 Å². The van der Waals surface area contributed by atoms with E-state index in [4.69, 9.17) is 0 Å². The summed E-state index contributed by atoms with van der Waals surface area (Å²) < 4.78 is 0. The molecule has 0 radical (unpaired) electrons. The molecule has 2 N–H and O–H groups in total. The number of aromatic nitrogens is 3. The zero-order valence-electron chi connectivity index (χ0n) is 11.7. The van der Waals surface area contributed by atoms with Crippen molar-refractivity contribution in [1.82, 2.24) is 15.2 Å². The predicted molar refractivity (Wildman–Crippen MR) is 86.8 cm³/mol. The highest BCUT2D eigenvalue weighted by molar-refractivity contribution is 7.98. The van der Waals surface area contributed by atoms with Crippen molar-refractivity contribution in [2.45, 2.75) is 10.9 Å². The Morgan fingerprint density at radius 3 is 2.77 bits per heavy atom. The first-order valence-electron chi connectivity index (χ1n) is 6.75. The Morgan fingerprint density at radius 1 is 1.14 bits per heavy atom. The van der Waals surface area contributed by atoms with Gasteiger partial charge >= 0.3 is 0 Å². The molecule has 0 bridgehead atoms. The number of rotatable bonds is 5. The number of anilines is 1. The number of H-pyrrole nitrogens is 1. The lowest BCUT2D eigenvalue weighted by Gasteiger charge is -2.06. The summed E-state index contributed by atoms with van der Waals surface area (Å²) in [6.45, 7) is 0. The fourth-order valence-electron chi connectivity index (χ4n) is 1.94. The van der Waals surface area contributed by atoms with Crippen molar-refractivity contribution < 1.29 is 4.79 Å². The predicted octanol–water partition coefficient (Wildman–Crippen LogP) is 3.35. The number of hydrogen-bond acceptors (Lipinski definition) is 4. The normalized spacial score (nSPS) is 10.4. The maximum atomic E-state index is 12.3. The highest BCUT2D eigenvalue weighted by atomic mass is 32.2. The number of thioether (sulfide) groups is 1. The summed E-state index contributed by atoms with van der Waals surface area (Å²) >= 11 is 1.54. The molecule has 0 atom stereocenters. The van der Waals surface area contributed by atoms with Crippen molar-refractivity contribution in [1.29, 1.82) is 0 Å². The van der Waals surface area contributed by atoms with E-state index in [1.807, 2.05) is 48.5 Å². The zero-order chi connectivity index (χ0) is 15.2. The highest BCUT2D eigenvalue weighted by Gasteiger charge is 2.07. The van der Waals surface area contributed by atoms with Gasteiger partial charge in [0.05, 0.1) is 0 Å². The van der Waals surface area contributed by atoms with Crippen LogP contribution in [0.15, 0.2) is 66.1 Å². The first-order chi connectivity index (χ1) is 10.8. The number of para-hydroxylation sites is 1. The molecule has 3 rings (SSSR count). The van der Waals surface area contributed by atoms with Crippen molar-refractivity contribution in [3.05, 3.63) is 72.1 Å². The smallest absolute Gasteiger partial charge is 0.255 e. The average Bonchev–Trinajstić information content (AvgIpc) is 3.08. The van der Waals surface area contributed by atoms with Gasteiger partial charge in [0.1, 0.15) is 6.33 Å². The summed E-state index contributed by atoms with van der Waals surface area (Å²) in [5.41, 5.74) is 2.48. The second-order valence-electron chi connectivity index (χ2n) is 4.60. The van der Waals surface area contributed by atoms with Gasteiger partial charge in [-0.2, -0.15) is 5.10 Å². The van der Waals surface area contributed by atoms with Crippen LogP contribution in [-0.4, -0.2) is 21.1 Å². The second kappa shape index (κ2) is 6.91. The molecule has 2 aromatic carbocycles. The van der Waals surface area contributed by atoms with Crippen LogP contribution >= 0.6 is 11.8 Å². The van der Waals surface area contributed by atoms with E-state index in [9.17, 15) is 4.79 Å². The van der Waals surface area contributed by atoms with Gasteiger partial charge < -0.3 is 5.32 Å². The van der Waals surface area contributed by atoms with Crippen LogP contribution in [0.1, 0.15) is 15.9 Å². The van der Waals surface area contributed by atoms with E-state index in [0.29, 0.717) is 5.56 Å². The van der Waals surface area contributed by atoms with Gasteiger partial charge in [0.15, 0.2) is 5.16 Å². The maximum absolute atomic E-state index is 12.3. The number of carbonyl (C=O) groups is 1. The minimum atomic E-state index is -0.113. The molecule has 0 unspecified atom stereocenters. The monoisotopic (exact) mass is 310 g/mol. The van der Waals surface area contributed by atoms with Gasteiger partial charge in [0.2, 0.25) is 0 Å². The van der Waals surface area contributed by atoms with Gasteiger partial charge in [-0.1, -0.05) is 42.1 Å². The Bertz CT molecular complexity index is 744. The SMILES string of the molecule is O=C(Nc1ccccc1)c1cccc(CSc2ncn[nH]2)c1. The number of benzene rings is 2. The van der Waals surface area contributed by atoms with Crippen LogP contribution in [0.4, 0.5) is 5.69 Å². The Hall–Kier alpha value is -2.60. The molecule has 0 spiro atoms. The van der Waals surface area contributed by atoms with E-state index in [-0.39, 0.29) is 5.91 Å². The Labute approximate surface area is 132 Å². The topological polar surface area (TPSA) is 70.7 Å². The van der Waals surface area contributed by atoms with Crippen molar-refractivity contribution in [2.24, 2.45) is 0 Å². The fraction of sp³-hybridized carbons (Fsp3) is 0.0625. The summed E-state index contributed by atoms with van der Waals surface area (Å²) in [6, 6.07) is 17.0. The van der Waals surface area contributed by atoms with Crippen LogP contribution in [-0.2, 0) is 5.75 Å². The molecule has 0 saturated heterocycles. The summed E-state index contributed by atoms with van der Waals surface area (Å²) in [5, 5.41) is 10.2. The molecule has 110 valence electrons. The summed E-state index contributed by atoms with van der Waals surface area (Å²) in [7, 11) is 0. The van der Waals surface area contributed by atoms with Crippen molar-refractivity contribution in [2.75, 3.05) is 5.32 Å². The minimum Gasteiger partial charge on any atom is -0.322 e. The van der Waals surface area contributed by atoms with Gasteiger partial charge in [-0.05, 0) is 29.8 Å². The van der Waals surface area contributed by atoms with Gasteiger partial charge in [-0.3, -0.25) is 9.89 Å². The van der Waals surface area contributed by atoms with E-state index in [1.54, 1.807) is 17.8 Å². The quantitative estimate of drug-likeness (QED) is 0.709. The maximum Gasteiger partial charge on any atom is 0.255 e. The highest BCUT2D eigenvalue weighted by Crippen LogP contribution is 2.19. The molecule has 3 aromatic rings. The van der Waals surface area contributed by atoms with Crippen molar-refractivity contribution in [3.63, 3.8) is 0 Å². The number of amides is 1. The summed E-state index contributed by atoms with van der Waals surface area (Å²) in [5.74, 6) is 0.611. The van der Waals surface area contributed by atoms with E-state index in [0.717, 1.165) is 22.2 Å². The van der Waals surface area contributed by atoms with Gasteiger partial charge in [0.25, 0.3) is 5.91 Å². The number of aromatic amines is 1. The lowest BCUT2D eigenvalue weighted by Crippen LogP contribution is -2.11. The number of carbonyl (C=O) groups excluding carboxylic acids is 1. The molecule has 6 heteroatoms. The van der Waals surface area contributed by atoms with Crippen molar-refractivity contribution >= 4 is 23.4 Å². The number of hydrogen-bond donors (Lipinski definition) is 2. The summed E-state index contributed by atoms with van der Waals surface area (Å²) in [6.07, 6.45) is 1.48. The molecule has 1 aromatic heterocycles. The molecule has 22 heavy (non-hydrogen) atoms. The largest absolute Gasteiger partial charge is 0.322 e. The Kier molecular flexibility index (Phi) is 4.50. The van der Waals surface area contributed by atoms with Crippen LogP contribution in [0.2, 0.25) is 0 Å². The summed E-state index contributed by atoms with van der Waals surface area (Å²) in [4.78, 5) is 16.3. The van der Waals surface area contributed by atoms with Gasteiger partial charge in [-0.15, -0.1) is 0 Å². The molecule has 5 nitrogen and oxygen atoms in total. The molecule has 0 fully saturated rings. The molecular weight excluding hydrogens is 296 g/mol. The van der Waals surface area contributed by atoms with E-state index in [1.165, 1.54) is 6.33 Å². The van der Waals surface area contributed by atoms with Crippen LogP contribution in [0.5, 0.6) is 0 Å². The van der Waals surface area contributed by atoms with Crippen LogP contribution in [0.25, 0.3) is 0 Å². The molecular formula is C16H14N4OS. The van der Waals surface area contributed by atoms with Gasteiger partial charge in [-0.25, -0.2) is 4.98 Å². The first kappa shape index (κ1) is 14.3. The van der Waals surface area contributed by atoms with Crippen LogP contribution < -0.4 is 5.32 Å².